The molecule has 0 aliphatic heterocycles. The molecule has 1 unspecified atom stereocenters. The smallest absolute Gasteiger partial charge is 0.126 e. The van der Waals surface area contributed by atoms with E-state index in [0.717, 1.165) is 18.5 Å². The third kappa shape index (κ3) is 3.83. The fourth-order valence-electron chi connectivity index (χ4n) is 1.51. The van der Waals surface area contributed by atoms with E-state index in [1.54, 1.807) is 6.20 Å². The summed E-state index contributed by atoms with van der Waals surface area (Å²) < 4.78 is 0. The van der Waals surface area contributed by atoms with Crippen LogP contribution in [0.5, 0.6) is 0 Å². The van der Waals surface area contributed by atoms with Crippen LogP contribution in [0.1, 0.15) is 5.56 Å². The van der Waals surface area contributed by atoms with Crippen LogP contribution in [-0.4, -0.2) is 36.6 Å². The van der Waals surface area contributed by atoms with Crippen LogP contribution >= 0.6 is 0 Å². The molecule has 0 aliphatic carbocycles. The number of aromatic nitrogens is 1. The number of nitrogens with one attached hydrogen (secondary N) is 1. The normalized spacial score (nSPS) is 13.1. The second-order valence-corrected chi connectivity index (χ2v) is 3.88. The number of likely N-dealkylation sites (N-methyl/N-ethyl adjacent to an activating group) is 1. The Morgan fingerprint density at radius 2 is 2.27 bits per heavy atom. The molecule has 0 spiro atoms. The third-order valence-electron chi connectivity index (χ3n) is 2.21. The molecule has 0 aromatic carbocycles. The van der Waals surface area contributed by atoms with Crippen LogP contribution in [0, 0.1) is 0 Å². The van der Waals surface area contributed by atoms with Crippen LogP contribution in [0.15, 0.2) is 18.3 Å². The lowest BCUT2D eigenvalue weighted by Gasteiger charge is -2.20. The zero-order valence-corrected chi connectivity index (χ0v) is 9.27. The number of hydrogen-bond acceptors (Lipinski definition) is 5. The average Bonchev–Trinajstić information content (AvgIpc) is 2.19. The summed E-state index contributed by atoms with van der Waals surface area (Å²) in [5.41, 5.74) is 9.58. The van der Waals surface area contributed by atoms with Gasteiger partial charge >= 0.3 is 0 Å². The van der Waals surface area contributed by atoms with Crippen LogP contribution in [-0.2, 0) is 6.42 Å². The van der Waals surface area contributed by atoms with E-state index in [2.05, 4.69) is 15.3 Å². The maximum absolute atomic E-state index is 5.76. The van der Waals surface area contributed by atoms with Gasteiger partial charge in [-0.3, -0.25) is 11.3 Å². The number of pyridine rings is 1. The Kier molecular flexibility index (Phi) is 4.48. The van der Waals surface area contributed by atoms with Crippen molar-refractivity contribution in [3.05, 3.63) is 23.9 Å². The highest BCUT2D eigenvalue weighted by Gasteiger charge is 2.10. The number of rotatable bonds is 5. The maximum Gasteiger partial charge on any atom is 0.126 e. The zero-order chi connectivity index (χ0) is 11.3. The summed E-state index contributed by atoms with van der Waals surface area (Å²) in [7, 11) is 4.02. The van der Waals surface area contributed by atoms with Crippen molar-refractivity contribution in [2.24, 2.45) is 5.84 Å². The molecule has 0 bridgehead atoms. The Balaban J connectivity index is 2.62. The molecule has 5 nitrogen and oxygen atoms in total. The molecule has 0 aliphatic rings. The lowest BCUT2D eigenvalue weighted by atomic mass is 10.1. The van der Waals surface area contributed by atoms with E-state index in [9.17, 15) is 0 Å². The van der Waals surface area contributed by atoms with E-state index in [1.807, 2.05) is 26.2 Å². The van der Waals surface area contributed by atoms with E-state index in [4.69, 9.17) is 11.6 Å². The van der Waals surface area contributed by atoms with Crippen molar-refractivity contribution >= 4 is 5.82 Å². The molecule has 0 saturated carbocycles. The van der Waals surface area contributed by atoms with Gasteiger partial charge in [-0.2, -0.15) is 0 Å². The first-order valence-electron chi connectivity index (χ1n) is 4.93. The van der Waals surface area contributed by atoms with Crippen LogP contribution in [0.2, 0.25) is 0 Å². The average molecular weight is 209 g/mol. The SMILES string of the molecule is CN(C)CC(Cc1cccnc1N)NN. The van der Waals surface area contributed by atoms with Crippen molar-refractivity contribution < 1.29 is 0 Å². The van der Waals surface area contributed by atoms with Crippen molar-refractivity contribution in [3.8, 4) is 0 Å². The molecule has 15 heavy (non-hydrogen) atoms. The minimum Gasteiger partial charge on any atom is -0.383 e. The molecular formula is C10H19N5. The van der Waals surface area contributed by atoms with Gasteiger partial charge < -0.3 is 10.6 Å². The zero-order valence-electron chi connectivity index (χ0n) is 9.27. The second-order valence-electron chi connectivity index (χ2n) is 3.88. The van der Waals surface area contributed by atoms with Crippen LogP contribution in [0.4, 0.5) is 5.82 Å². The monoisotopic (exact) mass is 209 g/mol. The molecule has 0 fully saturated rings. The van der Waals surface area contributed by atoms with E-state index in [-0.39, 0.29) is 6.04 Å². The minimum atomic E-state index is 0.187. The fraction of sp³-hybridized carbons (Fsp3) is 0.500. The summed E-state index contributed by atoms with van der Waals surface area (Å²) in [6.45, 7) is 0.866. The molecule has 1 aromatic rings. The van der Waals surface area contributed by atoms with Gasteiger partial charge in [0, 0.05) is 18.8 Å². The number of hydrazine groups is 1. The van der Waals surface area contributed by atoms with Crippen molar-refractivity contribution in [3.63, 3.8) is 0 Å². The quantitative estimate of drug-likeness (QED) is 0.454. The minimum absolute atomic E-state index is 0.187. The van der Waals surface area contributed by atoms with Gasteiger partial charge in [0.2, 0.25) is 0 Å². The molecule has 0 amide bonds. The summed E-state index contributed by atoms with van der Waals surface area (Å²) in [5.74, 6) is 6.06. The van der Waals surface area contributed by atoms with Gasteiger partial charge in [0.25, 0.3) is 0 Å². The van der Waals surface area contributed by atoms with Gasteiger partial charge in [-0.1, -0.05) is 6.07 Å². The predicted octanol–water partition coefficient (Wildman–Crippen LogP) is -0.400. The first-order chi connectivity index (χ1) is 7.13. The lowest BCUT2D eigenvalue weighted by molar-refractivity contribution is 0.338. The van der Waals surface area contributed by atoms with Crippen LogP contribution < -0.4 is 17.0 Å². The highest BCUT2D eigenvalue weighted by molar-refractivity contribution is 5.38. The predicted molar refractivity (Wildman–Crippen MR) is 62.0 cm³/mol. The van der Waals surface area contributed by atoms with Crippen molar-refractivity contribution in [1.29, 1.82) is 0 Å². The van der Waals surface area contributed by atoms with Crippen LogP contribution in [0.25, 0.3) is 0 Å². The van der Waals surface area contributed by atoms with E-state index in [0.29, 0.717) is 5.82 Å². The Morgan fingerprint density at radius 3 is 2.80 bits per heavy atom. The van der Waals surface area contributed by atoms with Gasteiger partial charge in [-0.25, -0.2) is 4.98 Å². The molecule has 1 atom stereocenters. The molecule has 0 saturated heterocycles. The highest BCUT2D eigenvalue weighted by Crippen LogP contribution is 2.09. The first kappa shape index (κ1) is 11.9. The number of nitrogen functional groups attached to an aromatic ring is 1. The highest BCUT2D eigenvalue weighted by atomic mass is 15.3. The summed E-state index contributed by atoms with van der Waals surface area (Å²) in [5, 5.41) is 0. The van der Waals surface area contributed by atoms with Crippen molar-refractivity contribution in [1.82, 2.24) is 15.3 Å². The Bertz CT molecular complexity index is 300. The summed E-state index contributed by atoms with van der Waals surface area (Å²) in [6.07, 6.45) is 2.48. The van der Waals surface area contributed by atoms with Gasteiger partial charge in [-0.05, 0) is 32.1 Å². The summed E-state index contributed by atoms with van der Waals surface area (Å²) in [6, 6.07) is 4.04. The fourth-order valence-corrected chi connectivity index (χ4v) is 1.51. The standard InChI is InChI=1S/C10H19N5/c1-15(2)7-9(14-12)6-8-4-3-5-13-10(8)11/h3-5,9,14H,6-7,12H2,1-2H3,(H2,11,13). The molecule has 1 heterocycles. The van der Waals surface area contributed by atoms with Gasteiger partial charge in [0.05, 0.1) is 0 Å². The Labute approximate surface area is 90.4 Å². The first-order valence-corrected chi connectivity index (χ1v) is 4.93. The number of nitrogens with zero attached hydrogens (tertiary/aromatic N) is 2. The van der Waals surface area contributed by atoms with Gasteiger partial charge in [-0.15, -0.1) is 0 Å². The Hall–Kier alpha value is -1.17. The lowest BCUT2D eigenvalue weighted by Crippen LogP contribution is -2.43. The summed E-state index contributed by atoms with van der Waals surface area (Å²) in [4.78, 5) is 6.12. The molecule has 1 rings (SSSR count). The summed E-state index contributed by atoms with van der Waals surface area (Å²) >= 11 is 0. The van der Waals surface area contributed by atoms with E-state index in [1.165, 1.54) is 0 Å². The molecule has 0 radical (unpaired) electrons. The van der Waals surface area contributed by atoms with Gasteiger partial charge in [0.15, 0.2) is 0 Å². The molecule has 84 valence electrons. The number of nitrogens with two attached hydrogens (primary N) is 2. The van der Waals surface area contributed by atoms with E-state index < -0.39 is 0 Å². The molecule has 5 N–H and O–H groups in total. The van der Waals surface area contributed by atoms with Gasteiger partial charge in [0.1, 0.15) is 5.82 Å². The largest absolute Gasteiger partial charge is 0.383 e. The van der Waals surface area contributed by atoms with Crippen molar-refractivity contribution in [2.45, 2.75) is 12.5 Å². The second kappa shape index (κ2) is 5.65. The topological polar surface area (TPSA) is 80.2 Å². The number of anilines is 1. The molecular weight excluding hydrogens is 190 g/mol. The van der Waals surface area contributed by atoms with E-state index >= 15 is 0 Å². The third-order valence-corrected chi connectivity index (χ3v) is 2.21. The molecule has 1 aromatic heterocycles. The maximum atomic E-state index is 5.76. The number of hydrogen-bond donors (Lipinski definition) is 3. The van der Waals surface area contributed by atoms with Crippen LogP contribution in [0.3, 0.4) is 0 Å². The molecule has 5 heteroatoms. The Morgan fingerprint density at radius 1 is 1.53 bits per heavy atom. The van der Waals surface area contributed by atoms with Crippen molar-refractivity contribution in [2.75, 3.05) is 26.4 Å².